The molecule has 1 heterocycles. The highest BCUT2D eigenvalue weighted by molar-refractivity contribution is 6.01. The van der Waals surface area contributed by atoms with Crippen LogP contribution in [0.2, 0.25) is 0 Å². The summed E-state index contributed by atoms with van der Waals surface area (Å²) < 4.78 is 15.2. The number of carboxylic acids is 1. The Morgan fingerprint density at radius 1 is 1.24 bits per heavy atom. The van der Waals surface area contributed by atoms with Gasteiger partial charge in [-0.25, -0.2) is 14.2 Å². The van der Waals surface area contributed by atoms with Crippen LogP contribution in [0.1, 0.15) is 21.7 Å². The molecule has 21 heavy (non-hydrogen) atoms. The van der Waals surface area contributed by atoms with E-state index in [-0.39, 0.29) is 11.4 Å². The molecule has 0 aliphatic carbocycles. The average Bonchev–Trinajstić information content (AvgIpc) is 2.77. The number of aromatic carboxylic acids is 1. The Morgan fingerprint density at radius 2 is 2.00 bits per heavy atom. The Bertz CT molecular complexity index is 868. The lowest BCUT2D eigenvalue weighted by molar-refractivity contribution is 0.0699. The molecule has 3 rings (SSSR count). The molecule has 0 saturated heterocycles. The standard InChI is InChI=1S/C16H13FN2O2/c1-9-8-11(6-7-13(9)17)19-10(2)18-15-12(16(20)21)4-3-5-14(15)19/h3-8H,1-2H3,(H,20,21). The normalized spacial score (nSPS) is 11.0. The van der Waals surface area contributed by atoms with E-state index in [9.17, 15) is 14.3 Å². The molecular formula is C16H13FN2O2. The van der Waals surface area contributed by atoms with Gasteiger partial charge in [0.25, 0.3) is 0 Å². The van der Waals surface area contributed by atoms with Crippen molar-refractivity contribution < 1.29 is 14.3 Å². The van der Waals surface area contributed by atoms with Crippen molar-refractivity contribution in [1.82, 2.24) is 9.55 Å². The Morgan fingerprint density at radius 3 is 2.67 bits per heavy atom. The fraction of sp³-hybridized carbons (Fsp3) is 0.125. The molecule has 1 aromatic heterocycles. The minimum Gasteiger partial charge on any atom is -0.478 e. The molecule has 0 aliphatic rings. The maximum absolute atomic E-state index is 13.4. The molecular weight excluding hydrogens is 271 g/mol. The van der Waals surface area contributed by atoms with Gasteiger partial charge in [-0.3, -0.25) is 4.57 Å². The molecule has 0 aliphatic heterocycles. The summed E-state index contributed by atoms with van der Waals surface area (Å²) >= 11 is 0. The summed E-state index contributed by atoms with van der Waals surface area (Å²) in [5, 5.41) is 9.24. The number of hydrogen-bond acceptors (Lipinski definition) is 2. The first-order chi connectivity index (χ1) is 9.99. The van der Waals surface area contributed by atoms with Gasteiger partial charge in [-0.1, -0.05) is 6.07 Å². The number of para-hydroxylation sites is 1. The van der Waals surface area contributed by atoms with Crippen molar-refractivity contribution in [2.75, 3.05) is 0 Å². The van der Waals surface area contributed by atoms with Gasteiger partial charge in [-0.15, -0.1) is 0 Å². The molecule has 0 spiro atoms. The molecule has 5 heteroatoms. The first kappa shape index (κ1) is 13.3. The van der Waals surface area contributed by atoms with Gasteiger partial charge in [0.1, 0.15) is 17.2 Å². The van der Waals surface area contributed by atoms with Gasteiger partial charge in [0.15, 0.2) is 0 Å². The number of fused-ring (bicyclic) bond motifs is 1. The van der Waals surface area contributed by atoms with Gasteiger partial charge in [-0.05, 0) is 49.7 Å². The monoisotopic (exact) mass is 284 g/mol. The fourth-order valence-electron chi connectivity index (χ4n) is 2.48. The van der Waals surface area contributed by atoms with E-state index in [1.807, 2.05) is 4.57 Å². The number of halogens is 1. The van der Waals surface area contributed by atoms with Crippen LogP contribution in [0.5, 0.6) is 0 Å². The van der Waals surface area contributed by atoms with E-state index in [4.69, 9.17) is 0 Å². The van der Waals surface area contributed by atoms with Crippen molar-refractivity contribution in [3.63, 3.8) is 0 Å². The predicted molar refractivity (Wildman–Crippen MR) is 77.5 cm³/mol. The molecule has 0 fully saturated rings. The zero-order valence-electron chi connectivity index (χ0n) is 11.6. The smallest absolute Gasteiger partial charge is 0.337 e. The zero-order valence-corrected chi connectivity index (χ0v) is 11.6. The second-order valence-electron chi connectivity index (χ2n) is 4.91. The highest BCUT2D eigenvalue weighted by atomic mass is 19.1. The first-order valence-electron chi connectivity index (χ1n) is 6.47. The van der Waals surface area contributed by atoms with Crippen molar-refractivity contribution >= 4 is 17.0 Å². The first-order valence-corrected chi connectivity index (χ1v) is 6.47. The molecule has 2 aromatic carbocycles. The number of aromatic nitrogens is 2. The molecule has 0 saturated carbocycles. The number of imidazole rings is 1. The molecule has 0 unspecified atom stereocenters. The van der Waals surface area contributed by atoms with Gasteiger partial charge >= 0.3 is 5.97 Å². The highest BCUT2D eigenvalue weighted by Crippen LogP contribution is 2.25. The Hall–Kier alpha value is -2.69. The summed E-state index contributed by atoms with van der Waals surface area (Å²) in [6.07, 6.45) is 0. The molecule has 0 bridgehead atoms. The van der Waals surface area contributed by atoms with E-state index in [2.05, 4.69) is 4.98 Å². The van der Waals surface area contributed by atoms with E-state index < -0.39 is 5.97 Å². The lowest BCUT2D eigenvalue weighted by atomic mass is 10.1. The Kier molecular flexibility index (Phi) is 2.97. The lowest BCUT2D eigenvalue weighted by Crippen LogP contribution is -1.99. The predicted octanol–water partition coefficient (Wildman–Crippen LogP) is 3.48. The summed E-state index contributed by atoms with van der Waals surface area (Å²) in [5.74, 6) is -0.628. The average molecular weight is 284 g/mol. The largest absolute Gasteiger partial charge is 0.478 e. The number of rotatable bonds is 2. The van der Waals surface area contributed by atoms with Crippen LogP contribution in [-0.2, 0) is 0 Å². The van der Waals surface area contributed by atoms with Gasteiger partial charge < -0.3 is 5.11 Å². The number of carbonyl (C=O) groups is 1. The number of hydrogen-bond donors (Lipinski definition) is 1. The summed E-state index contributed by atoms with van der Waals surface area (Å²) in [6, 6.07) is 9.79. The van der Waals surface area contributed by atoms with E-state index in [0.717, 1.165) is 5.69 Å². The highest BCUT2D eigenvalue weighted by Gasteiger charge is 2.16. The van der Waals surface area contributed by atoms with Crippen molar-refractivity contribution in [1.29, 1.82) is 0 Å². The van der Waals surface area contributed by atoms with E-state index in [0.29, 0.717) is 22.4 Å². The summed E-state index contributed by atoms with van der Waals surface area (Å²) in [6.45, 7) is 3.49. The summed E-state index contributed by atoms with van der Waals surface area (Å²) in [4.78, 5) is 15.6. The van der Waals surface area contributed by atoms with E-state index in [1.165, 1.54) is 12.1 Å². The van der Waals surface area contributed by atoms with Gasteiger partial charge in [0, 0.05) is 5.69 Å². The van der Waals surface area contributed by atoms with Crippen LogP contribution >= 0.6 is 0 Å². The van der Waals surface area contributed by atoms with Crippen LogP contribution in [0.3, 0.4) is 0 Å². The summed E-state index contributed by atoms with van der Waals surface area (Å²) in [7, 11) is 0. The minimum absolute atomic E-state index is 0.160. The third kappa shape index (κ3) is 2.07. The topological polar surface area (TPSA) is 55.1 Å². The molecule has 0 atom stereocenters. The van der Waals surface area contributed by atoms with Crippen molar-refractivity contribution in [3.8, 4) is 5.69 Å². The summed E-state index contributed by atoms with van der Waals surface area (Å²) in [5.41, 5.74) is 2.58. The van der Waals surface area contributed by atoms with Crippen LogP contribution in [0.25, 0.3) is 16.7 Å². The second kappa shape index (κ2) is 4.70. The van der Waals surface area contributed by atoms with Crippen molar-refractivity contribution in [3.05, 3.63) is 59.2 Å². The van der Waals surface area contributed by atoms with Crippen LogP contribution < -0.4 is 0 Å². The Labute approximate surface area is 120 Å². The SMILES string of the molecule is Cc1cc(-n2c(C)nc3c(C(=O)O)cccc32)ccc1F. The zero-order chi connectivity index (χ0) is 15.1. The quantitative estimate of drug-likeness (QED) is 0.783. The fourth-order valence-corrected chi connectivity index (χ4v) is 2.48. The molecule has 0 amide bonds. The van der Waals surface area contributed by atoms with E-state index >= 15 is 0 Å². The van der Waals surface area contributed by atoms with Crippen molar-refractivity contribution in [2.24, 2.45) is 0 Å². The maximum atomic E-state index is 13.4. The number of carboxylic acid groups (broad SMARTS) is 1. The maximum Gasteiger partial charge on any atom is 0.337 e. The lowest BCUT2D eigenvalue weighted by Gasteiger charge is -2.08. The van der Waals surface area contributed by atoms with Crippen LogP contribution in [0.15, 0.2) is 36.4 Å². The van der Waals surface area contributed by atoms with Crippen LogP contribution in [0, 0.1) is 19.7 Å². The molecule has 4 nitrogen and oxygen atoms in total. The third-order valence-corrected chi connectivity index (χ3v) is 3.48. The Balaban J connectivity index is 2.32. The molecule has 1 N–H and O–H groups in total. The number of benzene rings is 2. The van der Waals surface area contributed by atoms with Crippen molar-refractivity contribution in [2.45, 2.75) is 13.8 Å². The van der Waals surface area contributed by atoms with Gasteiger partial charge in [0.05, 0.1) is 11.1 Å². The second-order valence-corrected chi connectivity index (χ2v) is 4.91. The molecule has 106 valence electrons. The molecule has 3 aromatic rings. The number of nitrogens with zero attached hydrogens (tertiary/aromatic N) is 2. The van der Waals surface area contributed by atoms with Crippen LogP contribution in [-0.4, -0.2) is 20.6 Å². The van der Waals surface area contributed by atoms with Crippen LogP contribution in [0.4, 0.5) is 4.39 Å². The van der Waals surface area contributed by atoms with Gasteiger partial charge in [-0.2, -0.15) is 0 Å². The minimum atomic E-state index is -1.01. The van der Waals surface area contributed by atoms with Gasteiger partial charge in [0.2, 0.25) is 0 Å². The molecule has 0 radical (unpaired) electrons. The number of aryl methyl sites for hydroxylation is 2. The third-order valence-electron chi connectivity index (χ3n) is 3.48. The van der Waals surface area contributed by atoms with E-state index in [1.54, 1.807) is 38.1 Å².